The predicted molar refractivity (Wildman–Crippen MR) is 137 cm³/mol. The van der Waals surface area contributed by atoms with Gasteiger partial charge in [0, 0.05) is 37.8 Å². The molecular formula is C26H31N9O. The number of nitrogens with one attached hydrogen (secondary N) is 2. The first-order valence-corrected chi connectivity index (χ1v) is 12.9. The monoisotopic (exact) mass is 485 g/mol. The Hall–Kier alpha value is -3.71. The lowest BCUT2D eigenvalue weighted by atomic mass is 9.94. The van der Waals surface area contributed by atoms with Crippen molar-refractivity contribution in [3.8, 4) is 6.07 Å². The fourth-order valence-corrected chi connectivity index (χ4v) is 6.04. The van der Waals surface area contributed by atoms with E-state index in [0.717, 1.165) is 68.5 Å². The summed E-state index contributed by atoms with van der Waals surface area (Å²) in [7, 11) is 0. The van der Waals surface area contributed by atoms with Gasteiger partial charge in [0.15, 0.2) is 0 Å². The van der Waals surface area contributed by atoms with E-state index in [1.54, 1.807) is 6.20 Å². The van der Waals surface area contributed by atoms with E-state index in [4.69, 9.17) is 4.98 Å². The molecule has 3 aromatic heterocycles. The molecule has 2 N–H and O–H groups in total. The quantitative estimate of drug-likeness (QED) is 0.567. The number of anilines is 3. The first kappa shape index (κ1) is 22.7. The van der Waals surface area contributed by atoms with E-state index in [1.165, 1.54) is 0 Å². The summed E-state index contributed by atoms with van der Waals surface area (Å²) < 4.78 is 2.15. The summed E-state index contributed by atoms with van der Waals surface area (Å²) >= 11 is 0. The fraction of sp³-hybridized carbons (Fsp3) is 0.500. The zero-order valence-corrected chi connectivity index (χ0v) is 20.6. The van der Waals surface area contributed by atoms with Crippen molar-refractivity contribution in [2.24, 2.45) is 0 Å². The van der Waals surface area contributed by atoms with Crippen LogP contribution >= 0.6 is 0 Å². The Balaban J connectivity index is 1.22. The van der Waals surface area contributed by atoms with E-state index < -0.39 is 0 Å². The molecule has 0 unspecified atom stereocenters. The van der Waals surface area contributed by atoms with Crippen molar-refractivity contribution in [1.82, 2.24) is 29.7 Å². The molecule has 3 aromatic rings. The molecule has 0 bridgehead atoms. The number of rotatable bonds is 5. The average Bonchev–Trinajstić information content (AvgIpc) is 3.53. The Morgan fingerprint density at radius 3 is 2.83 bits per heavy atom. The molecule has 186 valence electrons. The number of aromatic nitrogens is 4. The maximum atomic E-state index is 12.6. The minimum Gasteiger partial charge on any atom is -0.366 e. The summed E-state index contributed by atoms with van der Waals surface area (Å²) in [6.07, 6.45) is 9.06. The molecule has 1 amide bonds. The van der Waals surface area contributed by atoms with Crippen LogP contribution in [0.4, 0.5) is 17.5 Å². The molecule has 0 radical (unpaired) electrons. The van der Waals surface area contributed by atoms with Crippen LogP contribution < -0.4 is 15.5 Å². The van der Waals surface area contributed by atoms with Gasteiger partial charge in [-0.1, -0.05) is 19.8 Å². The number of hydrogen-bond acceptors (Lipinski definition) is 8. The van der Waals surface area contributed by atoms with Crippen LogP contribution in [-0.4, -0.2) is 69.1 Å². The second-order valence-corrected chi connectivity index (χ2v) is 10.1. The molecule has 1 saturated carbocycles. The van der Waals surface area contributed by atoms with E-state index in [1.807, 2.05) is 24.4 Å². The standard InChI is InChI=1S/C26H31N9O/c1-2-9-33-10-11-34(16-20(33)13-27)19-5-6-22(28-15-19)31-25-29-14-18-12-21-24(36)30-17-26(7-3-4-8-26)35(21)23(18)32-25/h5-6,12,14-15,20H,2-4,7-11,16-17H2,1H3,(H,30,36)(H,28,29,31,32)/t20-/m0/s1. The van der Waals surface area contributed by atoms with Gasteiger partial charge in [-0.3, -0.25) is 9.69 Å². The maximum Gasteiger partial charge on any atom is 0.268 e. The van der Waals surface area contributed by atoms with Crippen LogP contribution in [0.15, 0.2) is 30.6 Å². The van der Waals surface area contributed by atoms with Crippen molar-refractivity contribution >= 4 is 34.4 Å². The highest BCUT2D eigenvalue weighted by Gasteiger charge is 2.42. The predicted octanol–water partition coefficient (Wildman–Crippen LogP) is 3.01. The Bertz CT molecular complexity index is 1320. The molecule has 10 heteroatoms. The minimum atomic E-state index is -0.102. The number of nitrogens with zero attached hydrogens (tertiary/aromatic N) is 7. The van der Waals surface area contributed by atoms with Gasteiger partial charge >= 0.3 is 0 Å². The van der Waals surface area contributed by atoms with E-state index in [-0.39, 0.29) is 17.5 Å². The lowest BCUT2D eigenvalue weighted by Crippen LogP contribution is -2.52. The van der Waals surface area contributed by atoms with Crippen LogP contribution in [0.5, 0.6) is 0 Å². The van der Waals surface area contributed by atoms with Crippen molar-refractivity contribution in [1.29, 1.82) is 5.26 Å². The maximum absolute atomic E-state index is 12.6. The van der Waals surface area contributed by atoms with Crippen LogP contribution in [0.2, 0.25) is 0 Å². The van der Waals surface area contributed by atoms with E-state index in [0.29, 0.717) is 30.5 Å². The first-order chi connectivity index (χ1) is 17.6. The highest BCUT2D eigenvalue weighted by molar-refractivity contribution is 5.99. The normalized spacial score (nSPS) is 21.4. The van der Waals surface area contributed by atoms with Crippen molar-refractivity contribution < 1.29 is 4.79 Å². The highest BCUT2D eigenvalue weighted by atomic mass is 16.2. The SMILES string of the molecule is CCCN1CCN(c2ccc(Nc3ncc4cc5n(c4n3)C3(CCCC3)CNC5=O)nc2)C[C@@H]1C#N. The number of hydrogen-bond donors (Lipinski definition) is 2. The summed E-state index contributed by atoms with van der Waals surface area (Å²) in [4.78, 5) is 31.0. The Morgan fingerprint density at radius 1 is 1.22 bits per heavy atom. The summed E-state index contributed by atoms with van der Waals surface area (Å²) in [5.41, 5.74) is 2.37. The van der Waals surface area contributed by atoms with Crippen molar-refractivity contribution in [2.75, 3.05) is 42.9 Å². The molecule has 1 atom stereocenters. The first-order valence-electron chi connectivity index (χ1n) is 12.9. The number of piperazine rings is 1. The third-order valence-electron chi connectivity index (χ3n) is 7.86. The smallest absolute Gasteiger partial charge is 0.268 e. The van der Waals surface area contributed by atoms with Gasteiger partial charge in [0.2, 0.25) is 5.95 Å². The summed E-state index contributed by atoms with van der Waals surface area (Å²) in [6.45, 7) is 6.18. The molecule has 1 spiro atoms. The molecule has 2 aliphatic heterocycles. The third kappa shape index (κ3) is 3.84. The van der Waals surface area contributed by atoms with E-state index in [2.05, 4.69) is 48.0 Å². The second kappa shape index (κ2) is 9.06. The highest BCUT2D eigenvalue weighted by Crippen LogP contribution is 2.41. The van der Waals surface area contributed by atoms with Crippen molar-refractivity contribution in [3.05, 3.63) is 36.3 Å². The van der Waals surface area contributed by atoms with E-state index >= 15 is 0 Å². The number of carbonyl (C=O) groups excluding carboxylic acids is 1. The van der Waals surface area contributed by atoms with Gasteiger partial charge in [-0.05, 0) is 44.0 Å². The zero-order valence-electron chi connectivity index (χ0n) is 20.6. The summed E-state index contributed by atoms with van der Waals surface area (Å²) in [5, 5.41) is 16.8. The Labute approximate surface area is 210 Å². The molecule has 0 aromatic carbocycles. The fourth-order valence-electron chi connectivity index (χ4n) is 6.04. The van der Waals surface area contributed by atoms with Gasteiger partial charge in [0.05, 0.1) is 23.5 Å². The number of nitriles is 1. The largest absolute Gasteiger partial charge is 0.366 e. The number of amides is 1. The van der Waals surface area contributed by atoms with Gasteiger partial charge in [0.1, 0.15) is 23.2 Å². The lowest BCUT2D eigenvalue weighted by molar-refractivity contribution is 0.0876. The van der Waals surface area contributed by atoms with Crippen LogP contribution in [0, 0.1) is 11.3 Å². The van der Waals surface area contributed by atoms with Crippen LogP contribution in [0.25, 0.3) is 11.0 Å². The number of fused-ring (bicyclic) bond motifs is 4. The van der Waals surface area contributed by atoms with Gasteiger partial charge in [-0.2, -0.15) is 10.2 Å². The molecule has 36 heavy (non-hydrogen) atoms. The Morgan fingerprint density at radius 2 is 2.08 bits per heavy atom. The molecule has 5 heterocycles. The van der Waals surface area contributed by atoms with Crippen LogP contribution in [0.1, 0.15) is 49.5 Å². The van der Waals surface area contributed by atoms with E-state index in [9.17, 15) is 10.1 Å². The van der Waals surface area contributed by atoms with Crippen LogP contribution in [0.3, 0.4) is 0 Å². The lowest BCUT2D eigenvalue weighted by Gasteiger charge is -2.39. The average molecular weight is 486 g/mol. The molecule has 1 aliphatic carbocycles. The van der Waals surface area contributed by atoms with Crippen molar-refractivity contribution in [3.63, 3.8) is 0 Å². The molecule has 1 saturated heterocycles. The Kier molecular flexibility index (Phi) is 5.72. The minimum absolute atomic E-state index is 0.0496. The molecule has 2 fully saturated rings. The topological polar surface area (TPSA) is 115 Å². The molecule has 10 nitrogen and oxygen atoms in total. The van der Waals surface area contributed by atoms with Gasteiger partial charge in [-0.15, -0.1) is 0 Å². The number of pyridine rings is 1. The summed E-state index contributed by atoms with van der Waals surface area (Å²) in [6, 6.07) is 8.18. The summed E-state index contributed by atoms with van der Waals surface area (Å²) in [5.74, 6) is 1.06. The number of carbonyl (C=O) groups is 1. The molecule has 3 aliphatic rings. The van der Waals surface area contributed by atoms with Gasteiger partial charge < -0.3 is 20.1 Å². The van der Waals surface area contributed by atoms with Gasteiger partial charge in [-0.25, -0.2) is 9.97 Å². The molecular weight excluding hydrogens is 454 g/mol. The van der Waals surface area contributed by atoms with Gasteiger partial charge in [0.25, 0.3) is 5.91 Å². The van der Waals surface area contributed by atoms with Crippen LogP contribution in [-0.2, 0) is 5.54 Å². The third-order valence-corrected chi connectivity index (χ3v) is 7.86. The second-order valence-electron chi connectivity index (χ2n) is 10.1. The zero-order chi connectivity index (χ0) is 24.7. The molecule has 6 rings (SSSR count). The van der Waals surface area contributed by atoms with Crippen molar-refractivity contribution in [2.45, 2.75) is 50.6 Å².